The second-order valence-electron chi connectivity index (χ2n) is 2.58. The highest BCUT2D eigenvalue weighted by Crippen LogP contribution is 2.40. The third-order valence-corrected chi connectivity index (χ3v) is 3.70. The standard InChI is InChI=1S/C9H7BrOS2/c1-11-8-6-3-2-5(10)4-7(6)13-9(8)12/h2-4,12H,1H3. The predicted molar refractivity (Wildman–Crippen MR) is 63.3 cm³/mol. The Morgan fingerprint density at radius 1 is 1.46 bits per heavy atom. The fraction of sp³-hybridized carbons (Fsp3) is 0.111. The van der Waals surface area contributed by atoms with Gasteiger partial charge in [0.1, 0.15) is 4.21 Å². The zero-order valence-electron chi connectivity index (χ0n) is 6.87. The van der Waals surface area contributed by atoms with Crippen LogP contribution < -0.4 is 4.74 Å². The lowest BCUT2D eigenvalue weighted by molar-refractivity contribution is 0.413. The van der Waals surface area contributed by atoms with Gasteiger partial charge in [0, 0.05) is 14.6 Å². The van der Waals surface area contributed by atoms with Crippen molar-refractivity contribution in [2.24, 2.45) is 0 Å². The number of rotatable bonds is 1. The van der Waals surface area contributed by atoms with E-state index in [2.05, 4.69) is 34.6 Å². The second-order valence-corrected chi connectivity index (χ2v) is 5.30. The van der Waals surface area contributed by atoms with Crippen LogP contribution in [0.15, 0.2) is 26.9 Å². The fourth-order valence-corrected chi connectivity index (χ4v) is 3.20. The summed E-state index contributed by atoms with van der Waals surface area (Å²) >= 11 is 9.40. The summed E-state index contributed by atoms with van der Waals surface area (Å²) in [5.74, 6) is 0.871. The van der Waals surface area contributed by atoms with Gasteiger partial charge in [0.2, 0.25) is 0 Å². The molecule has 0 saturated carbocycles. The van der Waals surface area contributed by atoms with Gasteiger partial charge in [0.25, 0.3) is 0 Å². The minimum Gasteiger partial charge on any atom is -0.494 e. The molecule has 0 unspecified atom stereocenters. The molecule has 0 aliphatic carbocycles. The molecule has 0 N–H and O–H groups in total. The van der Waals surface area contributed by atoms with Gasteiger partial charge in [-0.05, 0) is 18.2 Å². The van der Waals surface area contributed by atoms with Gasteiger partial charge in [-0.2, -0.15) is 0 Å². The van der Waals surface area contributed by atoms with E-state index >= 15 is 0 Å². The van der Waals surface area contributed by atoms with E-state index in [0.29, 0.717) is 0 Å². The first-order valence-electron chi connectivity index (χ1n) is 3.67. The summed E-state index contributed by atoms with van der Waals surface area (Å²) in [4.78, 5) is 0. The third-order valence-electron chi connectivity index (χ3n) is 1.79. The molecule has 1 aromatic heterocycles. The van der Waals surface area contributed by atoms with Crippen molar-refractivity contribution in [3.05, 3.63) is 22.7 Å². The molecule has 0 saturated heterocycles. The largest absolute Gasteiger partial charge is 0.494 e. The molecule has 1 heterocycles. The molecule has 1 nitrogen and oxygen atoms in total. The summed E-state index contributed by atoms with van der Waals surface area (Å²) in [7, 11) is 1.67. The zero-order chi connectivity index (χ0) is 9.42. The Bertz CT molecular complexity index is 450. The van der Waals surface area contributed by atoms with Crippen LogP contribution in [0.5, 0.6) is 5.75 Å². The summed E-state index contributed by atoms with van der Waals surface area (Å²) in [5.41, 5.74) is 0. The van der Waals surface area contributed by atoms with E-state index in [1.807, 2.05) is 12.1 Å². The first kappa shape index (κ1) is 9.37. The number of benzene rings is 1. The number of hydrogen-bond acceptors (Lipinski definition) is 3. The van der Waals surface area contributed by atoms with Gasteiger partial charge in [0.15, 0.2) is 5.75 Å². The number of ether oxygens (including phenoxy) is 1. The highest BCUT2D eigenvalue weighted by atomic mass is 79.9. The zero-order valence-corrected chi connectivity index (χ0v) is 10.2. The van der Waals surface area contributed by atoms with Gasteiger partial charge in [-0.1, -0.05) is 15.9 Å². The second kappa shape index (κ2) is 3.52. The maximum atomic E-state index is 5.26. The highest BCUT2D eigenvalue weighted by Gasteiger charge is 2.09. The third kappa shape index (κ3) is 1.58. The number of thiol groups is 1. The fourth-order valence-electron chi connectivity index (χ4n) is 1.23. The number of thiophene rings is 1. The number of fused-ring (bicyclic) bond motifs is 1. The van der Waals surface area contributed by atoms with E-state index in [1.54, 1.807) is 18.4 Å². The smallest absolute Gasteiger partial charge is 0.150 e. The topological polar surface area (TPSA) is 9.23 Å². The molecule has 0 bridgehead atoms. The first-order valence-corrected chi connectivity index (χ1v) is 5.73. The molecule has 0 aliphatic heterocycles. The quantitative estimate of drug-likeness (QED) is 0.775. The Labute approximate surface area is 94.3 Å². The maximum Gasteiger partial charge on any atom is 0.150 e. The van der Waals surface area contributed by atoms with Crippen molar-refractivity contribution in [2.75, 3.05) is 7.11 Å². The molecule has 2 aromatic rings. The molecule has 0 spiro atoms. The van der Waals surface area contributed by atoms with Gasteiger partial charge < -0.3 is 4.74 Å². The maximum absolute atomic E-state index is 5.26. The van der Waals surface area contributed by atoms with E-state index in [0.717, 1.165) is 19.8 Å². The highest BCUT2D eigenvalue weighted by molar-refractivity contribution is 9.10. The Balaban J connectivity index is 2.79. The predicted octanol–water partition coefficient (Wildman–Crippen LogP) is 3.96. The van der Waals surface area contributed by atoms with Crippen LogP contribution in [-0.2, 0) is 0 Å². The molecule has 0 atom stereocenters. The normalized spacial score (nSPS) is 10.7. The van der Waals surface area contributed by atoms with E-state index in [4.69, 9.17) is 4.74 Å². The Hall–Kier alpha value is -0.190. The molecule has 0 fully saturated rings. The summed E-state index contributed by atoms with van der Waals surface area (Å²) in [6.45, 7) is 0. The minimum absolute atomic E-state index is 0.871. The SMILES string of the molecule is COc1c(S)sc2cc(Br)ccc12. The molecule has 0 aliphatic rings. The van der Waals surface area contributed by atoms with Crippen LogP contribution in [0.1, 0.15) is 0 Å². The average molecular weight is 275 g/mol. The van der Waals surface area contributed by atoms with Gasteiger partial charge in [-0.15, -0.1) is 24.0 Å². The number of hydrogen-bond donors (Lipinski definition) is 1. The monoisotopic (exact) mass is 274 g/mol. The number of halogens is 1. The lowest BCUT2D eigenvalue weighted by atomic mass is 10.2. The molecule has 13 heavy (non-hydrogen) atoms. The molecular weight excluding hydrogens is 268 g/mol. The van der Waals surface area contributed by atoms with E-state index < -0.39 is 0 Å². The van der Waals surface area contributed by atoms with Crippen molar-refractivity contribution in [3.63, 3.8) is 0 Å². The van der Waals surface area contributed by atoms with Crippen LogP contribution in [0, 0.1) is 0 Å². The molecule has 2 rings (SSSR count). The van der Waals surface area contributed by atoms with Crippen molar-refractivity contribution in [3.8, 4) is 5.75 Å². The Morgan fingerprint density at radius 3 is 2.92 bits per heavy atom. The van der Waals surface area contributed by atoms with Gasteiger partial charge in [-0.25, -0.2) is 0 Å². The van der Waals surface area contributed by atoms with Crippen molar-refractivity contribution >= 4 is 50.0 Å². The van der Waals surface area contributed by atoms with Crippen LogP contribution in [0.3, 0.4) is 0 Å². The molecule has 68 valence electrons. The van der Waals surface area contributed by atoms with Crippen LogP contribution in [-0.4, -0.2) is 7.11 Å². The molecule has 0 amide bonds. The van der Waals surface area contributed by atoms with E-state index in [9.17, 15) is 0 Å². The van der Waals surface area contributed by atoms with Gasteiger partial charge in [0.05, 0.1) is 7.11 Å². The van der Waals surface area contributed by atoms with Crippen LogP contribution in [0.4, 0.5) is 0 Å². The molecule has 4 heteroatoms. The molecule has 1 aromatic carbocycles. The van der Waals surface area contributed by atoms with Crippen molar-refractivity contribution in [1.29, 1.82) is 0 Å². The molecular formula is C9H7BrOS2. The van der Waals surface area contributed by atoms with Crippen LogP contribution in [0.2, 0.25) is 0 Å². The average Bonchev–Trinajstić information content (AvgIpc) is 2.39. The van der Waals surface area contributed by atoms with Crippen molar-refractivity contribution in [1.82, 2.24) is 0 Å². The molecule has 0 radical (unpaired) electrons. The summed E-state index contributed by atoms with van der Waals surface area (Å²) in [5, 5.41) is 1.13. The summed E-state index contributed by atoms with van der Waals surface area (Å²) < 4.78 is 8.46. The van der Waals surface area contributed by atoms with Gasteiger partial charge in [-0.3, -0.25) is 0 Å². The Kier molecular flexibility index (Phi) is 2.53. The minimum atomic E-state index is 0.871. The first-order chi connectivity index (χ1) is 6.22. The lowest BCUT2D eigenvalue weighted by Gasteiger charge is -1.97. The van der Waals surface area contributed by atoms with Crippen molar-refractivity contribution < 1.29 is 4.74 Å². The van der Waals surface area contributed by atoms with Gasteiger partial charge >= 0.3 is 0 Å². The Morgan fingerprint density at radius 2 is 2.23 bits per heavy atom. The summed E-state index contributed by atoms with van der Waals surface area (Å²) in [6, 6.07) is 6.11. The van der Waals surface area contributed by atoms with Crippen LogP contribution >= 0.6 is 39.9 Å². The van der Waals surface area contributed by atoms with Crippen molar-refractivity contribution in [2.45, 2.75) is 4.21 Å². The number of methoxy groups -OCH3 is 1. The van der Waals surface area contributed by atoms with E-state index in [1.165, 1.54) is 4.70 Å². The lowest BCUT2D eigenvalue weighted by Crippen LogP contribution is -1.80. The van der Waals surface area contributed by atoms with Crippen LogP contribution in [0.25, 0.3) is 10.1 Å². The summed E-state index contributed by atoms with van der Waals surface area (Å²) in [6.07, 6.45) is 0. The van der Waals surface area contributed by atoms with E-state index in [-0.39, 0.29) is 0 Å².